The van der Waals surface area contributed by atoms with E-state index >= 15 is 0 Å². The number of carbonyl (C=O) groups is 2. The van der Waals surface area contributed by atoms with Crippen molar-refractivity contribution in [3.8, 4) is 0 Å². The topological polar surface area (TPSA) is 82.1 Å². The Hall–Kier alpha value is -1.15. The third-order valence-electron chi connectivity index (χ3n) is 2.78. The van der Waals surface area contributed by atoms with Gasteiger partial charge in [0, 0.05) is 55.4 Å². The second kappa shape index (κ2) is 7.32. The molecule has 1 atom stereocenters. The van der Waals surface area contributed by atoms with Crippen LogP contribution in [0.5, 0.6) is 0 Å². The maximum absolute atomic E-state index is 12.2. The molecule has 0 bridgehead atoms. The van der Waals surface area contributed by atoms with Gasteiger partial charge in [-0.3, -0.25) is 9.59 Å². The molecule has 0 aliphatic carbocycles. The first-order chi connectivity index (χ1) is 8.54. The van der Waals surface area contributed by atoms with Crippen LogP contribution >= 0.6 is 11.9 Å². The van der Waals surface area contributed by atoms with Crippen molar-refractivity contribution in [3.05, 3.63) is 4.91 Å². The summed E-state index contributed by atoms with van der Waals surface area (Å²) >= 11 is 0.748. The number of nitrogens with zero attached hydrogens (tertiary/aromatic N) is 3. The Morgan fingerprint density at radius 2 is 1.94 bits per heavy atom. The first-order valence-corrected chi connectivity index (χ1v) is 6.68. The minimum atomic E-state index is -0.673. The molecule has 0 radical (unpaired) electrons. The largest absolute Gasteiger partial charge is 0.344 e. The highest BCUT2D eigenvalue weighted by molar-refractivity contribution is 7.97. The molecule has 0 aromatic heterocycles. The molecule has 1 unspecified atom stereocenters. The van der Waals surface area contributed by atoms with Gasteiger partial charge in [-0.1, -0.05) is 0 Å². The van der Waals surface area contributed by atoms with Crippen LogP contribution in [0.3, 0.4) is 0 Å². The fourth-order valence-electron chi connectivity index (χ4n) is 1.77. The van der Waals surface area contributed by atoms with Crippen LogP contribution in [-0.2, 0) is 9.59 Å². The predicted octanol–water partition coefficient (Wildman–Crippen LogP) is -0.320. The second-order valence-corrected chi connectivity index (χ2v) is 4.99. The van der Waals surface area contributed by atoms with E-state index in [2.05, 4.69) is 14.8 Å². The monoisotopic (exact) mass is 274 g/mol. The van der Waals surface area contributed by atoms with Gasteiger partial charge in [0.15, 0.2) is 0 Å². The van der Waals surface area contributed by atoms with E-state index in [1.165, 1.54) is 6.92 Å². The molecule has 7 nitrogen and oxygen atoms in total. The van der Waals surface area contributed by atoms with E-state index < -0.39 is 6.04 Å². The third kappa shape index (κ3) is 4.61. The lowest BCUT2D eigenvalue weighted by Gasteiger charge is -2.34. The zero-order chi connectivity index (χ0) is 13.5. The number of amides is 2. The lowest BCUT2D eigenvalue weighted by Crippen LogP contribution is -2.54. The van der Waals surface area contributed by atoms with E-state index in [1.807, 2.05) is 7.05 Å². The van der Waals surface area contributed by atoms with Gasteiger partial charge in [0.2, 0.25) is 11.8 Å². The average molecular weight is 274 g/mol. The number of nitrogens with one attached hydrogen (secondary N) is 1. The summed E-state index contributed by atoms with van der Waals surface area (Å²) in [7, 11) is 2.00. The molecule has 0 aromatic carbocycles. The highest BCUT2D eigenvalue weighted by Gasteiger charge is 2.27. The van der Waals surface area contributed by atoms with Crippen LogP contribution in [0.1, 0.15) is 6.92 Å². The lowest BCUT2D eigenvalue weighted by atomic mass is 10.2. The van der Waals surface area contributed by atoms with Crippen LogP contribution in [0.4, 0.5) is 0 Å². The number of rotatable bonds is 5. The van der Waals surface area contributed by atoms with E-state index in [0.717, 1.165) is 25.0 Å². The Bertz CT molecular complexity index is 318. The first-order valence-electron chi connectivity index (χ1n) is 5.73. The summed E-state index contributed by atoms with van der Waals surface area (Å²) in [5, 5.41) is 2.56. The summed E-state index contributed by atoms with van der Waals surface area (Å²) < 4.78 is 2.66. The molecule has 1 heterocycles. The summed E-state index contributed by atoms with van der Waals surface area (Å²) in [6.45, 7) is 4.27. The summed E-state index contributed by atoms with van der Waals surface area (Å²) in [6, 6.07) is -0.673. The molecule has 1 fully saturated rings. The van der Waals surface area contributed by atoms with Crippen molar-refractivity contribution in [2.24, 2.45) is 4.58 Å². The zero-order valence-corrected chi connectivity index (χ0v) is 11.4. The van der Waals surface area contributed by atoms with Crippen molar-refractivity contribution in [2.45, 2.75) is 13.0 Å². The Morgan fingerprint density at radius 1 is 1.33 bits per heavy atom. The van der Waals surface area contributed by atoms with Crippen LogP contribution < -0.4 is 5.32 Å². The minimum absolute atomic E-state index is 0.144. The van der Waals surface area contributed by atoms with Crippen molar-refractivity contribution in [3.63, 3.8) is 0 Å². The molecule has 1 aliphatic heterocycles. The molecule has 0 saturated carbocycles. The van der Waals surface area contributed by atoms with Gasteiger partial charge < -0.3 is 15.1 Å². The number of likely N-dealkylation sites (N-methyl/N-ethyl adjacent to an activating group) is 1. The highest BCUT2D eigenvalue weighted by atomic mass is 32.2. The Balaban J connectivity index is 2.56. The lowest BCUT2D eigenvalue weighted by molar-refractivity contribution is -0.136. The minimum Gasteiger partial charge on any atom is -0.344 e. The maximum Gasteiger partial charge on any atom is 0.246 e. The van der Waals surface area contributed by atoms with Crippen LogP contribution in [0.15, 0.2) is 4.58 Å². The van der Waals surface area contributed by atoms with Gasteiger partial charge in [0.25, 0.3) is 0 Å². The summed E-state index contributed by atoms with van der Waals surface area (Å²) in [4.78, 5) is 37.2. The zero-order valence-electron chi connectivity index (χ0n) is 10.6. The fraction of sp³-hybridized carbons (Fsp3) is 0.800. The molecule has 1 aliphatic rings. The average Bonchev–Trinajstić information content (AvgIpc) is 2.34. The molecular formula is C10H18N4O3S. The van der Waals surface area contributed by atoms with Gasteiger partial charge in [-0.25, -0.2) is 0 Å². The number of nitroso groups, excluding NO2 is 1. The van der Waals surface area contributed by atoms with E-state index in [9.17, 15) is 14.5 Å². The Kier molecular flexibility index (Phi) is 6.06. The van der Waals surface area contributed by atoms with Crippen molar-refractivity contribution < 1.29 is 9.59 Å². The smallest absolute Gasteiger partial charge is 0.246 e. The van der Waals surface area contributed by atoms with Crippen molar-refractivity contribution in [2.75, 3.05) is 39.0 Å². The van der Waals surface area contributed by atoms with E-state index in [-0.39, 0.29) is 17.6 Å². The SMILES string of the molecule is CC(=O)NC(CSN=O)C(=O)N1CCN(C)CC1. The molecule has 1 N–H and O–H groups in total. The number of hydrogen-bond acceptors (Lipinski definition) is 6. The van der Waals surface area contributed by atoms with E-state index in [1.54, 1.807) is 4.90 Å². The molecule has 2 amide bonds. The van der Waals surface area contributed by atoms with Gasteiger partial charge in [-0.15, -0.1) is 4.91 Å². The summed E-state index contributed by atoms with van der Waals surface area (Å²) in [6.07, 6.45) is 0. The van der Waals surface area contributed by atoms with Crippen LogP contribution in [0, 0.1) is 4.91 Å². The molecule has 1 rings (SSSR count). The summed E-state index contributed by atoms with van der Waals surface area (Å²) in [5.74, 6) is -0.253. The standard InChI is InChI=1S/C10H18N4O3S/c1-8(15)11-9(7-18-12-17)10(16)14-5-3-13(2)4-6-14/h9H,3-7H2,1-2H3,(H,11,15). The van der Waals surface area contributed by atoms with Crippen molar-refractivity contribution in [1.29, 1.82) is 0 Å². The van der Waals surface area contributed by atoms with Gasteiger partial charge in [-0.2, -0.15) is 0 Å². The first kappa shape index (κ1) is 14.9. The van der Waals surface area contributed by atoms with Crippen LogP contribution in [0.2, 0.25) is 0 Å². The molecular weight excluding hydrogens is 256 g/mol. The highest BCUT2D eigenvalue weighted by Crippen LogP contribution is 2.08. The predicted molar refractivity (Wildman–Crippen MR) is 69.9 cm³/mol. The molecule has 1 saturated heterocycles. The van der Waals surface area contributed by atoms with Gasteiger partial charge in [0.1, 0.15) is 6.04 Å². The quantitative estimate of drug-likeness (QED) is 0.549. The normalized spacial score (nSPS) is 18.2. The van der Waals surface area contributed by atoms with Crippen molar-refractivity contribution >= 4 is 23.8 Å². The summed E-state index contributed by atoms with van der Waals surface area (Å²) in [5.41, 5.74) is 0. The molecule has 0 aromatic rings. The molecule has 8 heteroatoms. The Morgan fingerprint density at radius 3 is 2.44 bits per heavy atom. The van der Waals surface area contributed by atoms with E-state index in [0.29, 0.717) is 13.1 Å². The van der Waals surface area contributed by atoms with Crippen LogP contribution in [0.25, 0.3) is 0 Å². The second-order valence-electron chi connectivity index (χ2n) is 4.25. The van der Waals surface area contributed by atoms with Gasteiger partial charge in [0.05, 0.1) is 0 Å². The van der Waals surface area contributed by atoms with Gasteiger partial charge in [-0.05, 0) is 7.05 Å². The molecule has 0 spiro atoms. The number of carbonyl (C=O) groups excluding carboxylic acids is 2. The van der Waals surface area contributed by atoms with Crippen molar-refractivity contribution in [1.82, 2.24) is 15.1 Å². The maximum atomic E-state index is 12.2. The number of piperazine rings is 1. The Labute approximate surface area is 110 Å². The third-order valence-corrected chi connectivity index (χ3v) is 3.37. The molecule has 102 valence electrons. The fourth-order valence-corrected chi connectivity index (χ4v) is 2.21. The molecule has 18 heavy (non-hydrogen) atoms. The number of hydrogen-bond donors (Lipinski definition) is 1. The van der Waals surface area contributed by atoms with Crippen LogP contribution in [-0.4, -0.2) is 66.6 Å². The van der Waals surface area contributed by atoms with E-state index in [4.69, 9.17) is 0 Å². The van der Waals surface area contributed by atoms with Gasteiger partial charge >= 0.3 is 0 Å².